The first kappa shape index (κ1) is 25.1. The highest BCUT2D eigenvalue weighted by Gasteiger charge is 2.20. The van der Waals surface area contributed by atoms with Crippen LogP contribution in [0.5, 0.6) is 0 Å². The fraction of sp³-hybridized carbons (Fsp3) is 0. The lowest BCUT2D eigenvalue weighted by Gasteiger charge is -2.16. The third-order valence-electron chi connectivity index (χ3n) is 10.4. The van der Waals surface area contributed by atoms with E-state index in [0.29, 0.717) is 0 Å². The Balaban J connectivity index is 1.29. The van der Waals surface area contributed by atoms with Gasteiger partial charge in [-0.1, -0.05) is 140 Å². The van der Waals surface area contributed by atoms with Crippen LogP contribution in [0.4, 0.5) is 0 Å². The van der Waals surface area contributed by atoms with E-state index in [1.165, 1.54) is 75.9 Å². The van der Waals surface area contributed by atoms with Crippen LogP contribution in [-0.2, 0) is 0 Å². The molecule has 0 bridgehead atoms. The molecule has 0 spiro atoms. The smallest absolute Gasteiger partial charge is 0.143 e. The molecule has 1 aromatic heterocycles. The van der Waals surface area contributed by atoms with Crippen molar-refractivity contribution in [2.24, 2.45) is 0 Å². The number of benzene rings is 10. The second-order valence-electron chi connectivity index (χ2n) is 12.8. The zero-order valence-electron chi connectivity index (χ0n) is 25.4. The van der Waals surface area contributed by atoms with E-state index in [4.69, 9.17) is 4.42 Å². The highest BCUT2D eigenvalue weighted by molar-refractivity contribution is 6.28. The van der Waals surface area contributed by atoms with Crippen LogP contribution < -0.4 is 0 Å². The molecule has 11 aromatic rings. The normalized spacial score (nSPS) is 12.3. The number of hydrogen-bond acceptors (Lipinski definition) is 1. The summed E-state index contributed by atoms with van der Waals surface area (Å²) in [5.74, 6) is 0. The number of furan rings is 1. The minimum Gasteiger partial charge on any atom is -0.455 e. The first-order valence-corrected chi connectivity index (χ1v) is 16.3. The molecule has 0 aliphatic heterocycles. The van der Waals surface area contributed by atoms with Crippen molar-refractivity contribution in [3.8, 4) is 22.3 Å². The molecule has 0 saturated carbocycles. The van der Waals surface area contributed by atoms with Crippen LogP contribution in [0.3, 0.4) is 0 Å². The van der Waals surface area contributed by atoms with E-state index in [0.717, 1.165) is 32.9 Å². The third kappa shape index (κ3) is 3.43. The topological polar surface area (TPSA) is 13.1 Å². The van der Waals surface area contributed by atoms with Crippen molar-refractivity contribution in [1.29, 1.82) is 0 Å². The Kier molecular flexibility index (Phi) is 4.90. The van der Waals surface area contributed by atoms with Gasteiger partial charge in [0.2, 0.25) is 0 Å². The zero-order chi connectivity index (χ0) is 30.6. The zero-order valence-corrected chi connectivity index (χ0v) is 25.4. The fourth-order valence-electron chi connectivity index (χ4n) is 8.26. The van der Waals surface area contributed by atoms with Crippen molar-refractivity contribution in [2.45, 2.75) is 0 Å². The van der Waals surface area contributed by atoms with E-state index in [-0.39, 0.29) is 0 Å². The van der Waals surface area contributed by atoms with Crippen molar-refractivity contribution in [1.82, 2.24) is 0 Å². The number of rotatable bonds is 2. The fourth-order valence-corrected chi connectivity index (χ4v) is 8.26. The summed E-state index contributed by atoms with van der Waals surface area (Å²) in [6.45, 7) is 0. The standard InChI is InChI=1S/C46H26O/c1-3-11-33-27(7-1)17-21-37-34(13-6-14-36(33)37)32-25-41(45-40-24-18-28-8-2-4-12-35(28)46(40)47-42(45)26-32)38-22-19-31-16-15-29-9-5-10-30-20-23-39(38)44(31)43(29)30/h1-26H. The third-order valence-corrected chi connectivity index (χ3v) is 10.4. The molecule has 0 aliphatic carbocycles. The first-order valence-electron chi connectivity index (χ1n) is 16.3. The highest BCUT2D eigenvalue weighted by atomic mass is 16.3. The van der Waals surface area contributed by atoms with E-state index in [1.807, 2.05) is 0 Å². The molecule has 0 N–H and O–H groups in total. The lowest BCUT2D eigenvalue weighted by Crippen LogP contribution is -1.89. The number of hydrogen-bond donors (Lipinski definition) is 0. The van der Waals surface area contributed by atoms with E-state index in [2.05, 4.69) is 158 Å². The molecular weight excluding hydrogens is 569 g/mol. The molecular formula is C46H26O. The van der Waals surface area contributed by atoms with Crippen LogP contribution in [-0.4, -0.2) is 0 Å². The quantitative estimate of drug-likeness (QED) is 0.182. The van der Waals surface area contributed by atoms with Gasteiger partial charge in [0.15, 0.2) is 0 Å². The molecule has 0 saturated heterocycles. The van der Waals surface area contributed by atoms with Gasteiger partial charge in [0.25, 0.3) is 0 Å². The maximum absolute atomic E-state index is 6.90. The monoisotopic (exact) mass is 594 g/mol. The van der Waals surface area contributed by atoms with Crippen molar-refractivity contribution >= 4 is 86.6 Å². The summed E-state index contributed by atoms with van der Waals surface area (Å²) in [6.07, 6.45) is 0. The Morgan fingerprint density at radius 3 is 1.74 bits per heavy atom. The first-order chi connectivity index (χ1) is 23.3. The largest absolute Gasteiger partial charge is 0.455 e. The van der Waals surface area contributed by atoms with Crippen LogP contribution in [0.15, 0.2) is 162 Å². The van der Waals surface area contributed by atoms with Gasteiger partial charge in [-0.05, 0) is 99.7 Å². The molecule has 0 unspecified atom stereocenters. The maximum Gasteiger partial charge on any atom is 0.143 e. The van der Waals surface area contributed by atoms with Gasteiger partial charge in [0.05, 0.1) is 0 Å². The van der Waals surface area contributed by atoms with E-state index >= 15 is 0 Å². The lowest BCUT2D eigenvalue weighted by molar-refractivity contribution is 0.673. The molecule has 1 heteroatoms. The van der Waals surface area contributed by atoms with Crippen molar-refractivity contribution in [3.63, 3.8) is 0 Å². The van der Waals surface area contributed by atoms with Crippen LogP contribution in [0.2, 0.25) is 0 Å². The van der Waals surface area contributed by atoms with E-state index < -0.39 is 0 Å². The molecule has 216 valence electrons. The summed E-state index contributed by atoms with van der Waals surface area (Å²) in [5.41, 5.74) is 6.64. The summed E-state index contributed by atoms with van der Waals surface area (Å²) >= 11 is 0. The summed E-state index contributed by atoms with van der Waals surface area (Å²) in [4.78, 5) is 0. The van der Waals surface area contributed by atoms with Crippen LogP contribution in [0, 0.1) is 0 Å². The van der Waals surface area contributed by atoms with Gasteiger partial charge in [-0.25, -0.2) is 0 Å². The van der Waals surface area contributed by atoms with E-state index in [1.54, 1.807) is 0 Å². The minimum absolute atomic E-state index is 0.910. The van der Waals surface area contributed by atoms with Crippen molar-refractivity contribution in [3.05, 3.63) is 158 Å². The molecule has 0 radical (unpaired) electrons. The Morgan fingerprint density at radius 1 is 0.298 bits per heavy atom. The predicted octanol–water partition coefficient (Wildman–Crippen LogP) is 13.3. The Hall–Kier alpha value is -6.18. The van der Waals surface area contributed by atoms with Gasteiger partial charge in [-0.2, -0.15) is 0 Å². The lowest BCUT2D eigenvalue weighted by atomic mass is 9.87. The van der Waals surface area contributed by atoms with Crippen LogP contribution in [0.25, 0.3) is 109 Å². The van der Waals surface area contributed by atoms with Gasteiger partial charge in [0.1, 0.15) is 11.2 Å². The minimum atomic E-state index is 0.910. The van der Waals surface area contributed by atoms with E-state index in [9.17, 15) is 0 Å². The molecule has 10 aromatic carbocycles. The van der Waals surface area contributed by atoms with Crippen LogP contribution in [0.1, 0.15) is 0 Å². The Labute approximate surface area is 270 Å². The molecule has 0 amide bonds. The molecule has 0 fully saturated rings. The number of fused-ring (bicyclic) bond motifs is 8. The Bertz CT molecular complexity index is 3050. The SMILES string of the molecule is c1ccc2c(c1)ccc1c(-c3cc(-c4ccc5ccc6cccc7ccc4c5c67)c4c(c3)oc3c5ccccc5ccc34)cccc12. The Morgan fingerprint density at radius 2 is 0.894 bits per heavy atom. The van der Waals surface area contributed by atoms with Gasteiger partial charge in [0, 0.05) is 16.2 Å². The summed E-state index contributed by atoms with van der Waals surface area (Å²) in [5, 5.41) is 17.4. The predicted molar refractivity (Wildman–Crippen MR) is 201 cm³/mol. The van der Waals surface area contributed by atoms with Gasteiger partial charge in [-0.15, -0.1) is 0 Å². The molecule has 1 nitrogen and oxygen atoms in total. The van der Waals surface area contributed by atoms with Gasteiger partial charge < -0.3 is 4.42 Å². The van der Waals surface area contributed by atoms with Crippen molar-refractivity contribution < 1.29 is 4.42 Å². The maximum atomic E-state index is 6.90. The van der Waals surface area contributed by atoms with Gasteiger partial charge >= 0.3 is 0 Å². The van der Waals surface area contributed by atoms with Crippen LogP contribution >= 0.6 is 0 Å². The highest BCUT2D eigenvalue weighted by Crippen LogP contribution is 2.46. The molecule has 47 heavy (non-hydrogen) atoms. The summed E-state index contributed by atoms with van der Waals surface area (Å²) in [7, 11) is 0. The molecule has 0 aliphatic rings. The second-order valence-corrected chi connectivity index (χ2v) is 12.8. The summed E-state index contributed by atoms with van der Waals surface area (Å²) in [6, 6.07) is 57.9. The van der Waals surface area contributed by atoms with Crippen molar-refractivity contribution in [2.75, 3.05) is 0 Å². The molecule has 11 rings (SSSR count). The summed E-state index contributed by atoms with van der Waals surface area (Å²) < 4.78 is 6.90. The molecule has 1 heterocycles. The van der Waals surface area contributed by atoms with Gasteiger partial charge in [-0.3, -0.25) is 0 Å². The molecule has 0 atom stereocenters. The second kappa shape index (κ2) is 9.19. The average Bonchev–Trinajstić information content (AvgIpc) is 3.52. The average molecular weight is 595 g/mol.